The predicted molar refractivity (Wildman–Crippen MR) is 88.5 cm³/mol. The standard InChI is InChI=1S/C18H25F2N3O/c1-11-18(24)22-7-2-8-23(11)13-4-5-14(17(21)10-13)15-9-12(19)3-6-16(15)20/h3,6,9,11,13-14,17H,2,4-5,7-8,10,21H2,1H3,(H,22,24)/t11-,13-,14?,17?/m1/s1. The highest BCUT2D eigenvalue weighted by Crippen LogP contribution is 2.36. The molecule has 1 saturated carbocycles. The van der Waals surface area contributed by atoms with Gasteiger partial charge in [0.2, 0.25) is 5.91 Å². The Hall–Kier alpha value is -1.53. The molecule has 2 aliphatic rings. The molecule has 6 heteroatoms. The van der Waals surface area contributed by atoms with E-state index in [0.717, 1.165) is 25.5 Å². The summed E-state index contributed by atoms with van der Waals surface area (Å²) in [6.45, 7) is 3.48. The van der Waals surface area contributed by atoms with E-state index in [-0.39, 0.29) is 30.0 Å². The van der Waals surface area contributed by atoms with Gasteiger partial charge in [-0.05, 0) is 56.4 Å². The van der Waals surface area contributed by atoms with Gasteiger partial charge >= 0.3 is 0 Å². The van der Waals surface area contributed by atoms with Crippen LogP contribution in [-0.4, -0.2) is 42.0 Å². The molecule has 2 unspecified atom stereocenters. The Morgan fingerprint density at radius 2 is 2.08 bits per heavy atom. The van der Waals surface area contributed by atoms with Gasteiger partial charge in [-0.15, -0.1) is 0 Å². The summed E-state index contributed by atoms with van der Waals surface area (Å²) < 4.78 is 27.5. The quantitative estimate of drug-likeness (QED) is 0.869. The van der Waals surface area contributed by atoms with E-state index < -0.39 is 11.6 Å². The van der Waals surface area contributed by atoms with Crippen LogP contribution in [0.15, 0.2) is 18.2 Å². The maximum absolute atomic E-state index is 14.1. The summed E-state index contributed by atoms with van der Waals surface area (Å²) >= 11 is 0. The first-order chi connectivity index (χ1) is 11.5. The number of nitrogens with two attached hydrogens (primary N) is 1. The van der Waals surface area contributed by atoms with E-state index >= 15 is 0 Å². The summed E-state index contributed by atoms with van der Waals surface area (Å²) in [5.74, 6) is -0.941. The van der Waals surface area contributed by atoms with Gasteiger partial charge in [-0.1, -0.05) is 0 Å². The van der Waals surface area contributed by atoms with Gasteiger partial charge in [0.1, 0.15) is 11.6 Å². The lowest BCUT2D eigenvalue weighted by atomic mass is 9.77. The summed E-state index contributed by atoms with van der Waals surface area (Å²) in [5.41, 5.74) is 6.71. The van der Waals surface area contributed by atoms with Crippen molar-refractivity contribution in [2.24, 2.45) is 5.73 Å². The highest BCUT2D eigenvalue weighted by molar-refractivity contribution is 5.81. The predicted octanol–water partition coefficient (Wildman–Crippen LogP) is 2.14. The summed E-state index contributed by atoms with van der Waals surface area (Å²) in [5, 5.41) is 2.92. The third-order valence-corrected chi connectivity index (χ3v) is 5.47. The fourth-order valence-corrected chi connectivity index (χ4v) is 4.13. The lowest BCUT2D eigenvalue weighted by Gasteiger charge is -2.41. The second-order valence-corrected chi connectivity index (χ2v) is 6.96. The van der Waals surface area contributed by atoms with E-state index in [1.807, 2.05) is 6.92 Å². The van der Waals surface area contributed by atoms with Crippen LogP contribution in [-0.2, 0) is 4.79 Å². The van der Waals surface area contributed by atoms with Crippen molar-refractivity contribution >= 4 is 5.91 Å². The molecule has 4 nitrogen and oxygen atoms in total. The maximum Gasteiger partial charge on any atom is 0.237 e. The molecule has 1 aliphatic carbocycles. The molecule has 1 heterocycles. The van der Waals surface area contributed by atoms with E-state index in [4.69, 9.17) is 5.73 Å². The highest BCUT2D eigenvalue weighted by atomic mass is 19.1. The van der Waals surface area contributed by atoms with E-state index in [2.05, 4.69) is 10.2 Å². The van der Waals surface area contributed by atoms with Gasteiger partial charge in [-0.2, -0.15) is 0 Å². The summed E-state index contributed by atoms with van der Waals surface area (Å²) in [6.07, 6.45) is 3.16. The molecule has 1 aliphatic heterocycles. The van der Waals surface area contributed by atoms with Crippen molar-refractivity contribution in [1.82, 2.24) is 10.2 Å². The van der Waals surface area contributed by atoms with Crippen molar-refractivity contribution in [2.45, 2.75) is 56.7 Å². The zero-order chi connectivity index (χ0) is 17.3. The molecule has 3 rings (SSSR count). The highest BCUT2D eigenvalue weighted by Gasteiger charge is 2.36. The van der Waals surface area contributed by atoms with Crippen LogP contribution in [0.5, 0.6) is 0 Å². The van der Waals surface area contributed by atoms with Crippen LogP contribution < -0.4 is 11.1 Å². The van der Waals surface area contributed by atoms with Crippen LogP contribution in [0.25, 0.3) is 0 Å². The van der Waals surface area contributed by atoms with Crippen LogP contribution in [0.2, 0.25) is 0 Å². The Labute approximate surface area is 141 Å². The lowest BCUT2D eigenvalue weighted by molar-refractivity contribution is -0.126. The Bertz CT molecular complexity index is 610. The van der Waals surface area contributed by atoms with Crippen molar-refractivity contribution in [1.29, 1.82) is 0 Å². The van der Waals surface area contributed by atoms with Gasteiger partial charge in [-0.25, -0.2) is 8.78 Å². The van der Waals surface area contributed by atoms with E-state index in [1.165, 1.54) is 12.1 Å². The monoisotopic (exact) mass is 337 g/mol. The van der Waals surface area contributed by atoms with Crippen LogP contribution >= 0.6 is 0 Å². The number of carbonyl (C=O) groups is 1. The molecule has 24 heavy (non-hydrogen) atoms. The minimum Gasteiger partial charge on any atom is -0.355 e. The van der Waals surface area contributed by atoms with Gasteiger partial charge in [0.15, 0.2) is 0 Å². The largest absolute Gasteiger partial charge is 0.355 e. The second kappa shape index (κ2) is 7.15. The lowest BCUT2D eigenvalue weighted by Crippen LogP contribution is -2.51. The SMILES string of the molecule is C[C@@H]1C(=O)NCCCN1[C@@H]1CCC(c2cc(F)ccc2F)C(N)C1. The molecule has 1 aromatic carbocycles. The molecule has 3 N–H and O–H groups in total. The van der Waals surface area contributed by atoms with Gasteiger partial charge in [-0.3, -0.25) is 9.69 Å². The number of nitrogens with zero attached hydrogens (tertiary/aromatic N) is 1. The maximum atomic E-state index is 14.1. The summed E-state index contributed by atoms with van der Waals surface area (Å²) in [6, 6.07) is 3.37. The smallest absolute Gasteiger partial charge is 0.237 e. The number of carbonyl (C=O) groups excluding carboxylic acids is 1. The molecule has 132 valence electrons. The minimum absolute atomic E-state index is 0.0550. The molecule has 0 radical (unpaired) electrons. The van der Waals surface area contributed by atoms with E-state index in [0.29, 0.717) is 24.9 Å². The van der Waals surface area contributed by atoms with Gasteiger partial charge in [0.05, 0.1) is 6.04 Å². The molecule has 0 bridgehead atoms. The fraction of sp³-hybridized carbons (Fsp3) is 0.611. The molecule has 1 amide bonds. The number of rotatable bonds is 2. The van der Waals surface area contributed by atoms with E-state index in [1.54, 1.807) is 0 Å². The second-order valence-electron chi connectivity index (χ2n) is 6.96. The Kier molecular flexibility index (Phi) is 5.15. The van der Waals surface area contributed by atoms with Crippen LogP contribution in [0.1, 0.15) is 44.1 Å². The molecule has 1 aromatic rings. The molecule has 4 atom stereocenters. The normalized spacial score (nSPS) is 32.2. The molecular weight excluding hydrogens is 312 g/mol. The average molecular weight is 337 g/mol. The van der Waals surface area contributed by atoms with Gasteiger partial charge in [0.25, 0.3) is 0 Å². The average Bonchev–Trinajstić information content (AvgIpc) is 2.72. The third-order valence-electron chi connectivity index (χ3n) is 5.47. The van der Waals surface area contributed by atoms with Crippen molar-refractivity contribution in [3.63, 3.8) is 0 Å². The molecular formula is C18H25F2N3O. The van der Waals surface area contributed by atoms with Crippen molar-refractivity contribution in [3.8, 4) is 0 Å². The minimum atomic E-state index is -0.432. The number of nitrogens with one attached hydrogen (secondary N) is 1. The van der Waals surface area contributed by atoms with Crippen molar-refractivity contribution < 1.29 is 13.6 Å². The first kappa shape index (κ1) is 17.3. The first-order valence-corrected chi connectivity index (χ1v) is 8.71. The Balaban J connectivity index is 1.73. The topological polar surface area (TPSA) is 58.4 Å². The Morgan fingerprint density at radius 3 is 2.83 bits per heavy atom. The molecule has 0 spiro atoms. The zero-order valence-corrected chi connectivity index (χ0v) is 14.0. The first-order valence-electron chi connectivity index (χ1n) is 8.71. The zero-order valence-electron chi connectivity index (χ0n) is 14.0. The number of hydrogen-bond donors (Lipinski definition) is 2. The van der Waals surface area contributed by atoms with Crippen LogP contribution in [0.4, 0.5) is 8.78 Å². The fourth-order valence-electron chi connectivity index (χ4n) is 4.13. The van der Waals surface area contributed by atoms with Crippen LogP contribution in [0.3, 0.4) is 0 Å². The third kappa shape index (κ3) is 3.44. The molecule has 2 fully saturated rings. The summed E-state index contributed by atoms with van der Waals surface area (Å²) in [4.78, 5) is 14.3. The van der Waals surface area contributed by atoms with Gasteiger partial charge in [0, 0.05) is 31.1 Å². The van der Waals surface area contributed by atoms with Crippen molar-refractivity contribution in [2.75, 3.05) is 13.1 Å². The molecule has 0 aromatic heterocycles. The van der Waals surface area contributed by atoms with E-state index in [9.17, 15) is 13.6 Å². The Morgan fingerprint density at radius 1 is 1.29 bits per heavy atom. The van der Waals surface area contributed by atoms with Crippen LogP contribution in [0, 0.1) is 11.6 Å². The number of amides is 1. The summed E-state index contributed by atoms with van der Waals surface area (Å²) in [7, 11) is 0. The number of halogens is 2. The van der Waals surface area contributed by atoms with Crippen molar-refractivity contribution in [3.05, 3.63) is 35.4 Å². The number of benzene rings is 1. The van der Waals surface area contributed by atoms with Gasteiger partial charge < -0.3 is 11.1 Å². The number of hydrogen-bond acceptors (Lipinski definition) is 3. The molecule has 1 saturated heterocycles.